The zero-order valence-electron chi connectivity index (χ0n) is 62.6. The lowest BCUT2D eigenvalue weighted by molar-refractivity contribution is 0.0639. The SMILES string of the molecule is CCO.CCc1ccc(Oc2ccc(N)cc2F)c(OCc2ccccc2)c1.CCc1ccc(Oc2ccc(NCCCN)cc2F)c(OCc2ccccc2)c1.CCc1ccc(Oc2ccc(NCCCN3C(=O)c4ccccc4C3=O)cc2F)c(OCc2ccccc2)c1.O=C1c2ccccc2C(=O)N1CCCBr. The fourth-order valence-corrected chi connectivity index (χ4v) is 11.6. The summed E-state index contributed by atoms with van der Waals surface area (Å²) in [6.07, 6.45) is 4.72. The molecule has 111 heavy (non-hydrogen) atoms. The van der Waals surface area contributed by atoms with Gasteiger partial charge in [-0.05, 0) is 182 Å². The van der Waals surface area contributed by atoms with Crippen molar-refractivity contribution in [3.05, 3.63) is 322 Å². The third kappa shape index (κ3) is 24.3. The highest BCUT2D eigenvalue weighted by Crippen LogP contribution is 2.39. The Kier molecular flexibility index (Phi) is 32.4. The lowest BCUT2D eigenvalue weighted by Crippen LogP contribution is -2.31. The normalized spacial score (nSPS) is 11.6. The third-order valence-corrected chi connectivity index (χ3v) is 17.9. The highest BCUT2D eigenvalue weighted by molar-refractivity contribution is 9.09. The Morgan fingerprint density at radius 1 is 0.369 bits per heavy atom. The molecule has 11 aromatic rings. The Hall–Kier alpha value is -11.9. The van der Waals surface area contributed by atoms with Gasteiger partial charge in [0.15, 0.2) is 69.2 Å². The molecule has 0 aliphatic carbocycles. The number of carbonyl (C=O) groups excluding carboxylic acids is 4. The first-order valence-corrected chi connectivity index (χ1v) is 38.0. The van der Waals surface area contributed by atoms with Crippen molar-refractivity contribution in [1.29, 1.82) is 0 Å². The average Bonchev–Trinajstić information content (AvgIpc) is 1.66. The maximum atomic E-state index is 15.0. The summed E-state index contributed by atoms with van der Waals surface area (Å²) in [5, 5.41) is 14.7. The quantitative estimate of drug-likeness (QED) is 0.0122. The summed E-state index contributed by atoms with van der Waals surface area (Å²) in [7, 11) is 0. The number of fused-ring (bicyclic) bond motifs is 2. The lowest BCUT2D eigenvalue weighted by Gasteiger charge is -2.16. The minimum absolute atomic E-state index is 0.0837. The van der Waals surface area contributed by atoms with Gasteiger partial charge >= 0.3 is 0 Å². The highest BCUT2D eigenvalue weighted by Gasteiger charge is 2.36. The number of hydrogen-bond donors (Lipinski definition) is 5. The molecular weight excluding hydrogens is 1480 g/mol. The molecule has 0 unspecified atom stereocenters. The molecule has 2 heterocycles. The number of nitrogens with zero attached hydrogens (tertiary/aromatic N) is 2. The number of aliphatic hydroxyl groups excluding tert-OH is 1. The Balaban J connectivity index is 0.000000175. The molecule has 0 saturated heterocycles. The van der Waals surface area contributed by atoms with Crippen LogP contribution in [0, 0.1) is 17.5 Å². The molecular formula is C90H92BrF3N6O11. The minimum atomic E-state index is -0.520. The molecule has 0 bridgehead atoms. The van der Waals surface area contributed by atoms with Gasteiger partial charge in [0.25, 0.3) is 23.6 Å². The summed E-state index contributed by atoms with van der Waals surface area (Å²) in [6, 6.07) is 74.2. The molecule has 0 spiro atoms. The summed E-state index contributed by atoms with van der Waals surface area (Å²) >= 11 is 3.28. The number of anilines is 3. The van der Waals surface area contributed by atoms with Crippen molar-refractivity contribution in [1.82, 2.24) is 9.80 Å². The van der Waals surface area contributed by atoms with E-state index in [9.17, 15) is 32.3 Å². The Labute approximate surface area is 655 Å². The van der Waals surface area contributed by atoms with E-state index in [4.69, 9.17) is 45.0 Å². The van der Waals surface area contributed by atoms with Gasteiger partial charge in [-0.15, -0.1) is 0 Å². The fraction of sp³-hybridized carbons (Fsp3) is 0.222. The number of amides is 4. The number of rotatable bonds is 30. The summed E-state index contributed by atoms with van der Waals surface area (Å²) in [5.41, 5.74) is 21.1. The minimum Gasteiger partial charge on any atom is -0.485 e. The molecule has 17 nitrogen and oxygen atoms in total. The molecule has 4 amide bonds. The van der Waals surface area contributed by atoms with Gasteiger partial charge in [-0.25, -0.2) is 13.2 Å². The average molecular weight is 1570 g/mol. The van der Waals surface area contributed by atoms with Crippen LogP contribution in [0.4, 0.5) is 30.2 Å². The van der Waals surface area contributed by atoms with Crippen LogP contribution in [-0.2, 0) is 39.1 Å². The number of halogens is 4. The first-order chi connectivity index (χ1) is 54.0. The standard InChI is InChI=1S/C32H29FN2O4.C24H27FN2O2.C21H20FNO2.C11H10BrNO2.C2H6O/c1-2-22-13-15-29(30(19-22)38-21-23-9-4-3-5-10-23)39-28-16-14-24(20-27(28)33)34-17-8-18-35-31(36)25-11-6-7-12-26(25)32(35)37;1-2-18-9-11-23(24(15-18)28-17-19-7-4-3-5-8-19)29-22-12-10-20(16-21(22)25)27-14-6-13-26;1-2-15-8-10-20(25-19-11-9-17(23)13-18(19)22)21(12-15)24-14-16-6-4-3-5-7-16;12-6-3-7-13-10(14)8-4-1-2-5-9(8)11(13)15;1-2-3/h3-7,9-16,19-20,34H,2,8,17-18,21H2,1H3;3-5,7-12,15-16,27H,2,6,13-14,17,26H2,1H3;3-13H,2,14,23H2,1H3;1-2,4-5H,3,6-7H2;3H,2H2,1H3. The molecule has 7 N–H and O–H groups in total. The number of carbonyl (C=O) groups is 4. The largest absolute Gasteiger partial charge is 0.485 e. The van der Waals surface area contributed by atoms with Crippen molar-refractivity contribution < 1.29 is 65.9 Å². The summed E-state index contributed by atoms with van der Waals surface area (Å²) in [5.74, 6) is 1.12. The maximum Gasteiger partial charge on any atom is 0.261 e. The number of ether oxygens (including phenoxy) is 6. The zero-order chi connectivity index (χ0) is 78.9. The van der Waals surface area contributed by atoms with Gasteiger partial charge in [-0.2, -0.15) is 0 Å². The summed E-state index contributed by atoms with van der Waals surface area (Å²) in [6.45, 7) is 11.8. The third-order valence-electron chi connectivity index (χ3n) is 17.3. The Morgan fingerprint density at radius 2 is 0.676 bits per heavy atom. The fourth-order valence-electron chi connectivity index (χ4n) is 11.4. The molecule has 2 aliphatic rings. The predicted molar refractivity (Wildman–Crippen MR) is 434 cm³/mol. The number of nitrogens with two attached hydrogens (primary N) is 2. The molecule has 2 aliphatic heterocycles. The van der Waals surface area contributed by atoms with Crippen LogP contribution >= 0.6 is 15.9 Å². The van der Waals surface area contributed by atoms with Crippen LogP contribution < -0.4 is 50.5 Å². The van der Waals surface area contributed by atoms with Crippen LogP contribution in [0.3, 0.4) is 0 Å². The first-order valence-electron chi connectivity index (χ1n) is 36.9. The lowest BCUT2D eigenvalue weighted by atomic mass is 10.1. The Bertz CT molecular complexity index is 4780. The van der Waals surface area contributed by atoms with Gasteiger partial charge in [0.2, 0.25) is 0 Å². The van der Waals surface area contributed by atoms with Gasteiger partial charge in [-0.3, -0.25) is 29.0 Å². The number of alkyl halides is 1. The van der Waals surface area contributed by atoms with Gasteiger partial charge in [0, 0.05) is 73.4 Å². The van der Waals surface area contributed by atoms with Crippen LogP contribution in [0.2, 0.25) is 0 Å². The molecule has 21 heteroatoms. The number of nitrogens with one attached hydrogen (secondary N) is 2. The van der Waals surface area contributed by atoms with E-state index in [1.54, 1.807) is 97.9 Å². The van der Waals surface area contributed by atoms with Crippen LogP contribution in [0.5, 0.6) is 51.7 Å². The van der Waals surface area contributed by atoms with Gasteiger partial charge < -0.3 is 55.6 Å². The molecule has 13 rings (SSSR count). The van der Waals surface area contributed by atoms with E-state index in [1.807, 2.05) is 133 Å². The van der Waals surface area contributed by atoms with Crippen LogP contribution in [0.1, 0.15) is 122 Å². The monoisotopic (exact) mass is 1570 g/mol. The summed E-state index contributed by atoms with van der Waals surface area (Å²) < 4.78 is 79.0. The van der Waals surface area contributed by atoms with Crippen LogP contribution in [0.25, 0.3) is 0 Å². The van der Waals surface area contributed by atoms with Crippen molar-refractivity contribution >= 4 is 56.6 Å². The van der Waals surface area contributed by atoms with Crippen molar-refractivity contribution in [3.63, 3.8) is 0 Å². The van der Waals surface area contributed by atoms with Crippen molar-refractivity contribution in [2.24, 2.45) is 5.73 Å². The number of hydrogen-bond acceptors (Lipinski definition) is 15. The van der Waals surface area contributed by atoms with E-state index < -0.39 is 17.5 Å². The van der Waals surface area contributed by atoms with E-state index in [2.05, 4.69) is 47.3 Å². The van der Waals surface area contributed by atoms with E-state index in [-0.39, 0.29) is 54.0 Å². The van der Waals surface area contributed by atoms with Crippen molar-refractivity contribution in [2.75, 3.05) is 61.0 Å². The van der Waals surface area contributed by atoms with Crippen LogP contribution in [-0.4, -0.2) is 83.2 Å². The molecule has 0 saturated carbocycles. The van der Waals surface area contributed by atoms with E-state index in [0.717, 1.165) is 70.8 Å². The highest BCUT2D eigenvalue weighted by atomic mass is 79.9. The van der Waals surface area contributed by atoms with Gasteiger partial charge in [0.05, 0.1) is 22.3 Å². The summed E-state index contributed by atoms with van der Waals surface area (Å²) in [4.78, 5) is 51.1. The second-order valence-electron chi connectivity index (χ2n) is 25.3. The first kappa shape index (κ1) is 83.1. The second kappa shape index (κ2) is 43.3. The molecule has 0 atom stereocenters. The molecule has 576 valence electrons. The predicted octanol–water partition coefficient (Wildman–Crippen LogP) is 19.8. The topological polar surface area (TPSA) is 226 Å². The van der Waals surface area contributed by atoms with E-state index in [1.165, 1.54) is 34.1 Å². The molecule has 0 fully saturated rings. The van der Waals surface area contributed by atoms with Crippen molar-refractivity contribution in [3.8, 4) is 51.7 Å². The zero-order valence-corrected chi connectivity index (χ0v) is 64.2. The maximum absolute atomic E-state index is 15.0. The van der Waals surface area contributed by atoms with Gasteiger partial charge in [-0.1, -0.05) is 170 Å². The molecule has 0 aromatic heterocycles. The van der Waals surface area contributed by atoms with Gasteiger partial charge in [0.1, 0.15) is 19.8 Å². The number of aryl methyl sites for hydroxylation is 3. The Morgan fingerprint density at radius 3 is 0.991 bits per heavy atom. The number of imide groups is 2. The number of aliphatic hydroxyl groups is 1. The van der Waals surface area contributed by atoms with Crippen molar-refractivity contribution in [2.45, 2.75) is 86.0 Å². The smallest absolute Gasteiger partial charge is 0.261 e. The number of benzene rings is 11. The van der Waals surface area contributed by atoms with Crippen LogP contribution in [0.15, 0.2) is 249 Å². The second-order valence-corrected chi connectivity index (χ2v) is 26.1. The number of nitrogen functional groups attached to an aromatic ring is 1. The van der Waals surface area contributed by atoms with E-state index >= 15 is 0 Å². The molecule has 11 aromatic carbocycles. The van der Waals surface area contributed by atoms with E-state index in [0.29, 0.717) is 126 Å². The molecule has 0 radical (unpaired) electrons.